The number of nitrogens with one attached hydrogen (secondary N) is 1. The van der Waals surface area contributed by atoms with Gasteiger partial charge < -0.3 is 11.1 Å². The second kappa shape index (κ2) is 5.22. The zero-order valence-electron chi connectivity index (χ0n) is 10.6. The number of halogens is 1. The number of nitrogens with two attached hydrogens (primary N) is 1. The highest BCUT2D eigenvalue weighted by Crippen LogP contribution is 2.49. The van der Waals surface area contributed by atoms with E-state index in [1.165, 1.54) is 31.7 Å². The first kappa shape index (κ1) is 13.3. The molecule has 0 spiro atoms. The molecule has 0 aliphatic heterocycles. The third kappa shape index (κ3) is 2.80. The molecule has 0 saturated heterocycles. The third-order valence-electron chi connectivity index (χ3n) is 3.65. The Labute approximate surface area is 113 Å². The van der Waals surface area contributed by atoms with Gasteiger partial charge in [0.05, 0.1) is 5.56 Å². The van der Waals surface area contributed by atoms with Crippen molar-refractivity contribution < 1.29 is 4.39 Å². The average Bonchev–Trinajstić information content (AvgIpc) is 3.07. The predicted molar refractivity (Wildman–Crippen MR) is 77.4 cm³/mol. The summed E-state index contributed by atoms with van der Waals surface area (Å²) in [5.41, 5.74) is 7.04. The molecule has 98 valence electrons. The van der Waals surface area contributed by atoms with Crippen LogP contribution < -0.4 is 11.1 Å². The van der Waals surface area contributed by atoms with Crippen LogP contribution in [0.1, 0.15) is 38.2 Å². The Bertz CT molecular complexity index is 455. The number of hydrogen-bond acceptors (Lipinski definition) is 2. The number of thiocarbonyl (C=S) groups is 1. The van der Waals surface area contributed by atoms with Crippen LogP contribution in [0.15, 0.2) is 18.2 Å². The molecule has 1 aliphatic carbocycles. The minimum Gasteiger partial charge on any atom is -0.389 e. The second-order valence-corrected chi connectivity index (χ2v) is 5.57. The fourth-order valence-corrected chi connectivity index (χ4v) is 2.63. The molecule has 0 radical (unpaired) electrons. The summed E-state index contributed by atoms with van der Waals surface area (Å²) in [6, 6.07) is 4.90. The lowest BCUT2D eigenvalue weighted by molar-refractivity contribution is 0.485. The van der Waals surface area contributed by atoms with E-state index in [-0.39, 0.29) is 10.8 Å². The number of anilines is 1. The van der Waals surface area contributed by atoms with Crippen molar-refractivity contribution in [3.8, 4) is 0 Å². The Morgan fingerprint density at radius 2 is 2.22 bits per heavy atom. The quantitative estimate of drug-likeness (QED) is 0.774. The van der Waals surface area contributed by atoms with Crippen LogP contribution in [0, 0.1) is 11.2 Å². The van der Waals surface area contributed by atoms with E-state index in [9.17, 15) is 4.39 Å². The van der Waals surface area contributed by atoms with E-state index in [0.29, 0.717) is 16.7 Å². The molecule has 0 unspecified atom stereocenters. The normalized spacial score (nSPS) is 16.3. The molecule has 0 amide bonds. The lowest BCUT2D eigenvalue weighted by Gasteiger charge is -2.18. The van der Waals surface area contributed by atoms with Gasteiger partial charge in [-0.3, -0.25) is 0 Å². The Kier molecular flexibility index (Phi) is 3.85. The minimum atomic E-state index is -0.354. The van der Waals surface area contributed by atoms with Crippen LogP contribution in [0.3, 0.4) is 0 Å². The maximum absolute atomic E-state index is 13.7. The molecule has 2 nitrogen and oxygen atoms in total. The largest absolute Gasteiger partial charge is 0.389 e. The minimum absolute atomic E-state index is 0.107. The summed E-state index contributed by atoms with van der Waals surface area (Å²) in [4.78, 5) is 0.107. The molecule has 4 heteroatoms. The molecule has 1 aromatic rings. The average molecular weight is 266 g/mol. The zero-order chi connectivity index (χ0) is 13.2. The molecular formula is C14H19FN2S. The van der Waals surface area contributed by atoms with Crippen molar-refractivity contribution in [3.63, 3.8) is 0 Å². The van der Waals surface area contributed by atoms with Gasteiger partial charge in [0.15, 0.2) is 0 Å². The van der Waals surface area contributed by atoms with Crippen LogP contribution in [-0.2, 0) is 0 Å². The summed E-state index contributed by atoms with van der Waals surface area (Å²) >= 11 is 4.91. The predicted octanol–water partition coefficient (Wildman–Crippen LogP) is 3.45. The van der Waals surface area contributed by atoms with E-state index in [1.807, 2.05) is 6.07 Å². The van der Waals surface area contributed by atoms with Crippen LogP contribution in [0.5, 0.6) is 0 Å². The highest BCUT2D eigenvalue weighted by atomic mass is 32.1. The highest BCUT2D eigenvalue weighted by Gasteiger charge is 2.41. The smallest absolute Gasteiger partial charge is 0.135 e. The van der Waals surface area contributed by atoms with E-state index in [0.717, 1.165) is 6.54 Å². The lowest BCUT2D eigenvalue weighted by atomic mass is 10.0. The fraction of sp³-hybridized carbons (Fsp3) is 0.500. The molecule has 0 heterocycles. The molecular weight excluding hydrogens is 247 g/mol. The number of rotatable bonds is 6. The van der Waals surface area contributed by atoms with Crippen LogP contribution in [0.25, 0.3) is 0 Å². The van der Waals surface area contributed by atoms with Crippen molar-refractivity contribution >= 4 is 22.9 Å². The van der Waals surface area contributed by atoms with Gasteiger partial charge >= 0.3 is 0 Å². The Balaban J connectivity index is 2.10. The maximum atomic E-state index is 13.7. The molecule has 1 aromatic carbocycles. The highest BCUT2D eigenvalue weighted by molar-refractivity contribution is 7.80. The summed E-state index contributed by atoms with van der Waals surface area (Å²) in [5.74, 6) is -0.354. The first-order chi connectivity index (χ1) is 8.58. The van der Waals surface area contributed by atoms with Gasteiger partial charge in [-0.05, 0) is 36.8 Å². The summed E-state index contributed by atoms with van der Waals surface area (Å²) in [6.45, 7) is 3.07. The molecule has 0 bridgehead atoms. The molecule has 0 atom stereocenters. The van der Waals surface area contributed by atoms with Crippen LogP contribution >= 0.6 is 12.2 Å². The van der Waals surface area contributed by atoms with E-state index in [2.05, 4.69) is 12.2 Å². The monoisotopic (exact) mass is 266 g/mol. The Morgan fingerprint density at radius 1 is 1.50 bits per heavy atom. The molecule has 18 heavy (non-hydrogen) atoms. The SMILES string of the molecule is CCCC1(CNc2cccc(F)c2C(N)=S)CC1. The van der Waals surface area contributed by atoms with Crippen molar-refractivity contribution in [3.05, 3.63) is 29.6 Å². The first-order valence-electron chi connectivity index (χ1n) is 6.40. The topological polar surface area (TPSA) is 38.0 Å². The van der Waals surface area contributed by atoms with Crippen molar-refractivity contribution in [1.29, 1.82) is 0 Å². The van der Waals surface area contributed by atoms with Gasteiger partial charge in [-0.25, -0.2) is 4.39 Å². The summed E-state index contributed by atoms with van der Waals surface area (Å²) < 4.78 is 13.7. The van der Waals surface area contributed by atoms with Gasteiger partial charge in [-0.2, -0.15) is 0 Å². The zero-order valence-corrected chi connectivity index (χ0v) is 11.4. The Hall–Kier alpha value is -1.16. The number of hydrogen-bond donors (Lipinski definition) is 2. The van der Waals surface area contributed by atoms with Crippen molar-refractivity contribution in [2.45, 2.75) is 32.6 Å². The van der Waals surface area contributed by atoms with Gasteiger partial charge in [0, 0.05) is 12.2 Å². The summed E-state index contributed by atoms with van der Waals surface area (Å²) in [5, 5.41) is 3.32. The van der Waals surface area contributed by atoms with Gasteiger partial charge in [0.25, 0.3) is 0 Å². The summed E-state index contributed by atoms with van der Waals surface area (Å²) in [6.07, 6.45) is 4.92. The fourth-order valence-electron chi connectivity index (χ4n) is 2.43. The van der Waals surface area contributed by atoms with Crippen molar-refractivity contribution in [1.82, 2.24) is 0 Å². The Morgan fingerprint density at radius 3 is 2.78 bits per heavy atom. The van der Waals surface area contributed by atoms with Gasteiger partial charge in [-0.1, -0.05) is 31.6 Å². The van der Waals surface area contributed by atoms with Gasteiger partial charge in [0.2, 0.25) is 0 Å². The first-order valence-corrected chi connectivity index (χ1v) is 6.81. The van der Waals surface area contributed by atoms with E-state index in [1.54, 1.807) is 6.07 Å². The van der Waals surface area contributed by atoms with Crippen LogP contribution in [0.4, 0.5) is 10.1 Å². The lowest BCUT2D eigenvalue weighted by Crippen LogP contribution is -2.19. The van der Waals surface area contributed by atoms with Crippen molar-refractivity contribution in [2.24, 2.45) is 11.1 Å². The molecule has 2 rings (SSSR count). The molecule has 3 N–H and O–H groups in total. The standard InChI is InChI=1S/C14H19FN2S/c1-2-6-14(7-8-14)9-17-11-5-3-4-10(15)12(11)13(16)18/h3-5,17H,2,6-9H2,1H3,(H2,16,18). The summed E-state index contributed by atoms with van der Waals surface area (Å²) in [7, 11) is 0. The van der Waals surface area contributed by atoms with E-state index in [4.69, 9.17) is 18.0 Å². The van der Waals surface area contributed by atoms with Gasteiger partial charge in [0.1, 0.15) is 10.8 Å². The second-order valence-electron chi connectivity index (χ2n) is 5.13. The van der Waals surface area contributed by atoms with E-state index >= 15 is 0 Å². The maximum Gasteiger partial charge on any atom is 0.135 e. The van der Waals surface area contributed by atoms with Crippen molar-refractivity contribution in [2.75, 3.05) is 11.9 Å². The number of benzene rings is 1. The molecule has 0 aromatic heterocycles. The van der Waals surface area contributed by atoms with Crippen LogP contribution in [0.2, 0.25) is 0 Å². The molecule has 1 saturated carbocycles. The van der Waals surface area contributed by atoms with Crippen LogP contribution in [-0.4, -0.2) is 11.5 Å². The molecule has 1 fully saturated rings. The molecule has 1 aliphatic rings. The van der Waals surface area contributed by atoms with Gasteiger partial charge in [-0.15, -0.1) is 0 Å². The third-order valence-corrected chi connectivity index (χ3v) is 3.86. The van der Waals surface area contributed by atoms with E-state index < -0.39 is 0 Å².